The molecule has 3 aromatic rings. The standard InChI is InChI=1S/C30H39N5O6S/c1-30(2,3)20-18-24(28(39-4)25(19-20)34-42(5,37)38)32-29(36)27(33-31)23-10-11-26(22-9-7-6-8-21(22)23)41-17-14-35-12-15-40-16-13-35/h6-11,18-19,27,31,34H,12-17H2,1-5H3,(H,32,36). The van der Waals surface area contributed by atoms with Gasteiger partial charge in [0.25, 0.3) is 5.91 Å². The van der Waals surface area contributed by atoms with Crippen molar-refractivity contribution in [3.8, 4) is 11.5 Å². The number of hydrogen-bond donors (Lipinski definition) is 3. The van der Waals surface area contributed by atoms with Crippen LogP contribution in [0.4, 0.5) is 11.4 Å². The lowest BCUT2D eigenvalue weighted by Gasteiger charge is -2.26. The summed E-state index contributed by atoms with van der Waals surface area (Å²) < 4.78 is 43.7. The predicted octanol–water partition coefficient (Wildman–Crippen LogP) is 4.94. The highest BCUT2D eigenvalue weighted by molar-refractivity contribution is 7.92. The zero-order valence-electron chi connectivity index (χ0n) is 24.7. The van der Waals surface area contributed by atoms with Gasteiger partial charge >= 0.3 is 0 Å². The second-order valence-corrected chi connectivity index (χ2v) is 13.0. The van der Waals surface area contributed by atoms with Gasteiger partial charge in [0.15, 0.2) is 11.8 Å². The van der Waals surface area contributed by atoms with E-state index in [1.54, 1.807) is 24.3 Å². The van der Waals surface area contributed by atoms with Crippen molar-refractivity contribution in [1.29, 1.82) is 5.53 Å². The van der Waals surface area contributed by atoms with Gasteiger partial charge < -0.3 is 19.5 Å². The number of fused-ring (bicyclic) bond motifs is 1. The number of carbonyl (C=O) groups is 1. The van der Waals surface area contributed by atoms with Crippen LogP contribution in [0.15, 0.2) is 53.6 Å². The average molecular weight is 598 g/mol. The first-order valence-corrected chi connectivity index (χ1v) is 15.6. The lowest BCUT2D eigenvalue weighted by Crippen LogP contribution is -2.38. The molecular weight excluding hydrogens is 558 g/mol. The molecule has 226 valence electrons. The monoisotopic (exact) mass is 597 g/mol. The van der Waals surface area contributed by atoms with Gasteiger partial charge in [0.05, 0.1) is 38.0 Å². The van der Waals surface area contributed by atoms with Crippen LogP contribution in [0.1, 0.15) is 37.9 Å². The Morgan fingerprint density at radius 1 is 1.10 bits per heavy atom. The molecule has 0 bridgehead atoms. The molecule has 3 N–H and O–H groups in total. The van der Waals surface area contributed by atoms with Gasteiger partial charge in [-0.25, -0.2) is 13.9 Å². The summed E-state index contributed by atoms with van der Waals surface area (Å²) in [5.74, 6) is 0.271. The van der Waals surface area contributed by atoms with E-state index in [9.17, 15) is 13.2 Å². The number of hydrogen-bond acceptors (Lipinski definition) is 9. The minimum atomic E-state index is -3.63. The summed E-state index contributed by atoms with van der Waals surface area (Å²) in [6, 6.07) is 13.4. The van der Waals surface area contributed by atoms with Crippen LogP contribution in [0.25, 0.3) is 10.8 Å². The lowest BCUT2D eigenvalue weighted by molar-refractivity contribution is -0.117. The molecule has 1 amide bonds. The van der Waals surface area contributed by atoms with Gasteiger partial charge in [-0.1, -0.05) is 51.1 Å². The highest BCUT2D eigenvalue weighted by Gasteiger charge is 2.27. The normalized spacial score (nSPS) is 15.2. The molecule has 1 heterocycles. The molecule has 3 aromatic carbocycles. The molecule has 1 aliphatic rings. The molecule has 11 nitrogen and oxygen atoms in total. The first-order valence-electron chi connectivity index (χ1n) is 13.7. The predicted molar refractivity (Wildman–Crippen MR) is 163 cm³/mol. The number of methoxy groups -OCH3 is 1. The zero-order valence-corrected chi connectivity index (χ0v) is 25.5. The van der Waals surface area contributed by atoms with Crippen molar-refractivity contribution in [3.05, 3.63) is 59.7 Å². The van der Waals surface area contributed by atoms with E-state index in [4.69, 9.17) is 19.7 Å². The van der Waals surface area contributed by atoms with Gasteiger partial charge in [-0.05, 0) is 40.1 Å². The maximum absolute atomic E-state index is 13.7. The number of benzene rings is 3. The van der Waals surface area contributed by atoms with Crippen LogP contribution < -0.4 is 19.5 Å². The fourth-order valence-corrected chi connectivity index (χ4v) is 5.44. The van der Waals surface area contributed by atoms with Crippen molar-refractivity contribution in [2.75, 3.05) is 62.9 Å². The molecule has 4 rings (SSSR count). The molecule has 0 aliphatic carbocycles. The summed E-state index contributed by atoms with van der Waals surface area (Å²) in [6.45, 7) is 10.4. The highest BCUT2D eigenvalue weighted by atomic mass is 32.2. The zero-order chi connectivity index (χ0) is 30.5. The highest BCUT2D eigenvalue weighted by Crippen LogP contribution is 2.40. The summed E-state index contributed by atoms with van der Waals surface area (Å²) in [7, 11) is -2.24. The first kappa shape index (κ1) is 31.2. The largest absolute Gasteiger partial charge is 0.492 e. The van der Waals surface area contributed by atoms with E-state index in [2.05, 4.69) is 20.1 Å². The molecule has 0 spiro atoms. The fourth-order valence-electron chi connectivity index (χ4n) is 4.89. The SMILES string of the molecule is COc1c(NC(=O)C(N=N)c2ccc(OCCN3CCOCC3)c3ccccc23)cc(C(C)(C)C)cc1NS(C)(=O)=O. The molecule has 42 heavy (non-hydrogen) atoms. The second kappa shape index (κ2) is 13.1. The van der Waals surface area contributed by atoms with Crippen molar-refractivity contribution >= 4 is 38.1 Å². The number of rotatable bonds is 11. The van der Waals surface area contributed by atoms with E-state index in [1.807, 2.05) is 45.0 Å². The molecule has 0 aromatic heterocycles. The number of ether oxygens (including phenoxy) is 3. The van der Waals surface area contributed by atoms with Crippen molar-refractivity contribution in [2.24, 2.45) is 5.11 Å². The second-order valence-electron chi connectivity index (χ2n) is 11.3. The van der Waals surface area contributed by atoms with E-state index >= 15 is 0 Å². The van der Waals surface area contributed by atoms with Crippen molar-refractivity contribution in [2.45, 2.75) is 32.2 Å². The summed E-state index contributed by atoms with van der Waals surface area (Å²) in [5.41, 5.74) is 9.35. The first-order chi connectivity index (χ1) is 19.9. The van der Waals surface area contributed by atoms with Crippen LogP contribution in [0.2, 0.25) is 0 Å². The number of nitrogens with one attached hydrogen (secondary N) is 3. The van der Waals surface area contributed by atoms with Gasteiger partial charge in [0.1, 0.15) is 12.4 Å². The van der Waals surface area contributed by atoms with Gasteiger partial charge in [-0.2, -0.15) is 5.11 Å². The Balaban J connectivity index is 1.64. The average Bonchev–Trinajstić information content (AvgIpc) is 2.93. The van der Waals surface area contributed by atoms with Crippen LogP contribution in [0, 0.1) is 5.53 Å². The molecule has 0 radical (unpaired) electrons. The minimum Gasteiger partial charge on any atom is -0.492 e. The van der Waals surface area contributed by atoms with E-state index < -0.39 is 22.0 Å². The molecule has 0 saturated carbocycles. The van der Waals surface area contributed by atoms with Crippen molar-refractivity contribution < 1.29 is 27.4 Å². The molecule has 1 saturated heterocycles. The fraction of sp³-hybridized carbons (Fsp3) is 0.433. The van der Waals surface area contributed by atoms with Crippen LogP contribution >= 0.6 is 0 Å². The molecule has 1 atom stereocenters. The number of sulfonamides is 1. The minimum absolute atomic E-state index is 0.152. The van der Waals surface area contributed by atoms with E-state index in [0.717, 1.165) is 55.4 Å². The molecule has 1 fully saturated rings. The third-order valence-corrected chi connectivity index (χ3v) is 7.66. The lowest BCUT2D eigenvalue weighted by atomic mass is 9.86. The molecule has 1 aliphatic heterocycles. The quantitative estimate of drug-likeness (QED) is 0.266. The molecular formula is C30H39N5O6S. The van der Waals surface area contributed by atoms with Gasteiger partial charge in [0, 0.05) is 25.0 Å². The van der Waals surface area contributed by atoms with Crippen LogP contribution in [0.5, 0.6) is 11.5 Å². The van der Waals surface area contributed by atoms with Crippen LogP contribution in [0.3, 0.4) is 0 Å². The third-order valence-electron chi connectivity index (χ3n) is 7.07. The summed E-state index contributed by atoms with van der Waals surface area (Å²) >= 11 is 0. The number of morpholine rings is 1. The Morgan fingerprint density at radius 2 is 1.76 bits per heavy atom. The number of amides is 1. The Kier molecular flexibility index (Phi) is 9.70. The summed E-state index contributed by atoms with van der Waals surface area (Å²) in [4.78, 5) is 16.0. The Morgan fingerprint density at radius 3 is 2.38 bits per heavy atom. The number of nitrogens with zero attached hydrogens (tertiary/aromatic N) is 2. The number of anilines is 2. The van der Waals surface area contributed by atoms with Gasteiger partial charge in [0.2, 0.25) is 10.0 Å². The van der Waals surface area contributed by atoms with Crippen molar-refractivity contribution in [3.63, 3.8) is 0 Å². The Hall–Kier alpha value is -3.74. The smallest absolute Gasteiger partial charge is 0.255 e. The maximum Gasteiger partial charge on any atom is 0.255 e. The van der Waals surface area contributed by atoms with Gasteiger partial charge in [-0.15, -0.1) is 0 Å². The summed E-state index contributed by atoms with van der Waals surface area (Å²) in [5, 5.41) is 8.09. The molecule has 12 heteroatoms. The summed E-state index contributed by atoms with van der Waals surface area (Å²) in [6.07, 6.45) is 1.05. The van der Waals surface area contributed by atoms with Gasteiger partial charge in [-0.3, -0.25) is 14.4 Å². The Labute approximate surface area is 247 Å². The third kappa shape index (κ3) is 7.55. The van der Waals surface area contributed by atoms with E-state index in [-0.39, 0.29) is 22.5 Å². The van der Waals surface area contributed by atoms with Crippen LogP contribution in [-0.4, -0.2) is 72.0 Å². The van der Waals surface area contributed by atoms with E-state index in [1.165, 1.54) is 7.11 Å². The maximum atomic E-state index is 13.7. The Bertz CT molecular complexity index is 1550. The topological polar surface area (TPSA) is 142 Å². The van der Waals surface area contributed by atoms with E-state index in [0.29, 0.717) is 17.9 Å². The van der Waals surface area contributed by atoms with Crippen LogP contribution in [-0.2, 0) is 25.0 Å². The van der Waals surface area contributed by atoms with Crippen molar-refractivity contribution in [1.82, 2.24) is 4.90 Å². The molecule has 1 unspecified atom stereocenters. The number of carbonyl (C=O) groups excluding carboxylic acids is 1.